The second kappa shape index (κ2) is 7.45. The molecule has 3 aromatic rings. The summed E-state index contributed by atoms with van der Waals surface area (Å²) in [4.78, 5) is 25.2. The molecule has 0 aliphatic rings. The van der Waals surface area contributed by atoms with Gasteiger partial charge >= 0.3 is 0 Å². The summed E-state index contributed by atoms with van der Waals surface area (Å²) < 4.78 is 6.93. The third kappa shape index (κ3) is 3.43. The number of hydrogen-bond acceptors (Lipinski definition) is 3. The lowest BCUT2D eigenvalue weighted by Gasteiger charge is -2.09. The van der Waals surface area contributed by atoms with E-state index in [0.717, 1.165) is 16.5 Å². The number of nitrogens with one attached hydrogen (secondary N) is 1. The lowest BCUT2D eigenvalue weighted by Crippen LogP contribution is -2.20. The van der Waals surface area contributed by atoms with Crippen LogP contribution >= 0.6 is 11.6 Å². The predicted molar refractivity (Wildman–Crippen MR) is 107 cm³/mol. The van der Waals surface area contributed by atoms with Crippen LogP contribution in [0.15, 0.2) is 36.4 Å². The number of likely N-dealkylation sites (N-methyl/N-ethyl adjacent to an activating group) is 1. The number of benzene rings is 2. The van der Waals surface area contributed by atoms with Crippen LogP contribution in [0.5, 0.6) is 5.75 Å². The summed E-state index contributed by atoms with van der Waals surface area (Å²) >= 11 is 6.31. The molecule has 5 nitrogen and oxygen atoms in total. The molecular formula is C21H21ClN2O3. The topological polar surface area (TPSA) is 60.3 Å². The fraction of sp³-hybridized carbons (Fsp3) is 0.238. The van der Waals surface area contributed by atoms with Crippen LogP contribution in [-0.4, -0.2) is 30.5 Å². The van der Waals surface area contributed by atoms with Gasteiger partial charge in [-0.1, -0.05) is 29.3 Å². The highest BCUT2D eigenvalue weighted by Crippen LogP contribution is 2.35. The Bertz CT molecular complexity index is 1040. The summed E-state index contributed by atoms with van der Waals surface area (Å²) in [5.74, 6) is 0.206. The molecule has 1 heterocycles. The van der Waals surface area contributed by atoms with E-state index in [0.29, 0.717) is 27.5 Å². The van der Waals surface area contributed by atoms with Gasteiger partial charge in [0.15, 0.2) is 0 Å². The molecule has 0 saturated heterocycles. The molecule has 27 heavy (non-hydrogen) atoms. The molecule has 0 aliphatic carbocycles. The van der Waals surface area contributed by atoms with Gasteiger partial charge in [-0.3, -0.25) is 14.2 Å². The van der Waals surface area contributed by atoms with E-state index in [-0.39, 0.29) is 18.2 Å². The average molecular weight is 385 g/mol. The molecule has 0 fully saturated rings. The van der Waals surface area contributed by atoms with Gasteiger partial charge in [0, 0.05) is 23.7 Å². The van der Waals surface area contributed by atoms with Crippen molar-refractivity contribution in [2.24, 2.45) is 0 Å². The van der Waals surface area contributed by atoms with Gasteiger partial charge < -0.3 is 10.1 Å². The third-order valence-corrected chi connectivity index (χ3v) is 5.02. The van der Waals surface area contributed by atoms with Crippen molar-refractivity contribution < 1.29 is 14.3 Å². The molecule has 1 amide bonds. The van der Waals surface area contributed by atoms with E-state index in [1.165, 1.54) is 7.11 Å². The Balaban J connectivity index is 2.26. The highest BCUT2D eigenvalue weighted by molar-refractivity contribution is 6.33. The summed E-state index contributed by atoms with van der Waals surface area (Å²) in [6.07, 6.45) is 0.164. The predicted octanol–water partition coefficient (Wildman–Crippen LogP) is 3.90. The average Bonchev–Trinajstić information content (AvgIpc) is 2.91. The Hall–Kier alpha value is -2.79. The molecule has 140 valence electrons. The van der Waals surface area contributed by atoms with Crippen molar-refractivity contribution >= 4 is 34.3 Å². The van der Waals surface area contributed by atoms with E-state index in [1.54, 1.807) is 35.9 Å². The zero-order valence-corrected chi connectivity index (χ0v) is 16.5. The smallest absolute Gasteiger partial charge is 0.262 e. The number of halogens is 1. The summed E-state index contributed by atoms with van der Waals surface area (Å²) in [7, 11) is 3.12. The van der Waals surface area contributed by atoms with E-state index in [4.69, 9.17) is 16.3 Å². The van der Waals surface area contributed by atoms with Crippen molar-refractivity contribution in [1.29, 1.82) is 0 Å². The molecule has 0 saturated carbocycles. The largest absolute Gasteiger partial charge is 0.495 e. The Morgan fingerprint density at radius 1 is 1.15 bits per heavy atom. The lowest BCUT2D eigenvalue weighted by atomic mass is 10.1. The monoisotopic (exact) mass is 384 g/mol. The Labute approximate surface area is 162 Å². The van der Waals surface area contributed by atoms with Crippen LogP contribution in [0.4, 0.5) is 0 Å². The van der Waals surface area contributed by atoms with Crippen LogP contribution in [0.25, 0.3) is 10.9 Å². The molecule has 0 unspecified atom stereocenters. The second-order valence-electron chi connectivity index (χ2n) is 6.42. The number of rotatable bonds is 4. The molecule has 0 atom stereocenters. The van der Waals surface area contributed by atoms with E-state index in [2.05, 4.69) is 5.32 Å². The van der Waals surface area contributed by atoms with Gasteiger partial charge in [0.2, 0.25) is 5.91 Å². The van der Waals surface area contributed by atoms with E-state index in [1.807, 2.05) is 26.0 Å². The number of hydrogen-bond donors (Lipinski definition) is 1. The fourth-order valence-corrected chi connectivity index (χ4v) is 3.43. The summed E-state index contributed by atoms with van der Waals surface area (Å²) in [6, 6.07) is 10.9. The van der Waals surface area contributed by atoms with Crippen molar-refractivity contribution in [3.05, 3.63) is 63.8 Å². The second-order valence-corrected chi connectivity index (χ2v) is 6.83. The van der Waals surface area contributed by atoms with Gasteiger partial charge in [0.05, 0.1) is 24.1 Å². The van der Waals surface area contributed by atoms with Gasteiger partial charge in [-0.15, -0.1) is 0 Å². The van der Waals surface area contributed by atoms with Gasteiger partial charge in [-0.2, -0.15) is 0 Å². The van der Waals surface area contributed by atoms with Crippen LogP contribution in [0, 0.1) is 13.8 Å². The number of ether oxygens (including phenoxy) is 1. The Morgan fingerprint density at radius 2 is 1.81 bits per heavy atom. The first-order chi connectivity index (χ1) is 12.9. The molecule has 1 aromatic heterocycles. The van der Waals surface area contributed by atoms with Crippen LogP contribution < -0.4 is 10.1 Å². The highest BCUT2D eigenvalue weighted by atomic mass is 35.5. The number of nitrogens with zero attached hydrogens (tertiary/aromatic N) is 1. The Morgan fingerprint density at radius 3 is 2.41 bits per heavy atom. The van der Waals surface area contributed by atoms with E-state index in [9.17, 15) is 9.59 Å². The summed E-state index contributed by atoms with van der Waals surface area (Å²) in [5.41, 5.74) is 3.79. The first kappa shape index (κ1) is 19.0. The lowest BCUT2D eigenvalue weighted by molar-refractivity contribution is -0.119. The summed E-state index contributed by atoms with van der Waals surface area (Å²) in [6.45, 7) is 3.81. The number of methoxy groups -OCH3 is 1. The minimum absolute atomic E-state index is 0.131. The van der Waals surface area contributed by atoms with Gasteiger partial charge in [0.25, 0.3) is 5.91 Å². The molecular weight excluding hydrogens is 364 g/mol. The third-order valence-electron chi connectivity index (χ3n) is 4.73. The van der Waals surface area contributed by atoms with Crippen molar-refractivity contribution in [1.82, 2.24) is 9.88 Å². The molecule has 0 radical (unpaired) electrons. The van der Waals surface area contributed by atoms with Gasteiger partial charge in [-0.25, -0.2) is 0 Å². The minimum atomic E-state index is -0.165. The standard InChI is InChI=1S/C21H21ClN2O3/c1-12-5-7-14(8-6-12)21(26)24-13(2)15(10-20(25)23-3)16-9-19(27-4)17(22)11-18(16)24/h5-9,11H,10H2,1-4H3,(H,23,25). The highest BCUT2D eigenvalue weighted by Gasteiger charge is 2.22. The van der Waals surface area contributed by atoms with Crippen molar-refractivity contribution in [2.45, 2.75) is 20.3 Å². The first-order valence-corrected chi connectivity index (χ1v) is 8.94. The van der Waals surface area contributed by atoms with Crippen LogP contribution in [0.1, 0.15) is 27.2 Å². The molecule has 3 rings (SSSR count). The number of aromatic nitrogens is 1. The van der Waals surface area contributed by atoms with Gasteiger partial charge in [-0.05, 0) is 43.7 Å². The van der Waals surface area contributed by atoms with Crippen molar-refractivity contribution in [3.8, 4) is 5.75 Å². The number of carbonyl (C=O) groups excluding carboxylic acids is 2. The summed E-state index contributed by atoms with van der Waals surface area (Å²) in [5, 5.41) is 3.82. The van der Waals surface area contributed by atoms with E-state index < -0.39 is 0 Å². The minimum Gasteiger partial charge on any atom is -0.495 e. The van der Waals surface area contributed by atoms with Gasteiger partial charge in [0.1, 0.15) is 5.75 Å². The van der Waals surface area contributed by atoms with E-state index >= 15 is 0 Å². The molecule has 0 spiro atoms. The maximum Gasteiger partial charge on any atom is 0.262 e. The maximum absolute atomic E-state index is 13.2. The number of aryl methyl sites for hydroxylation is 1. The van der Waals surface area contributed by atoms with Crippen LogP contribution in [-0.2, 0) is 11.2 Å². The van der Waals surface area contributed by atoms with Crippen LogP contribution in [0.2, 0.25) is 5.02 Å². The maximum atomic E-state index is 13.2. The molecule has 2 aromatic carbocycles. The van der Waals surface area contributed by atoms with Crippen molar-refractivity contribution in [3.63, 3.8) is 0 Å². The van der Waals surface area contributed by atoms with Crippen molar-refractivity contribution in [2.75, 3.05) is 14.2 Å². The molecule has 6 heteroatoms. The number of carbonyl (C=O) groups is 2. The SMILES string of the molecule is CNC(=O)Cc1c(C)n(C(=O)c2ccc(C)cc2)c2cc(Cl)c(OC)cc12. The van der Waals surface area contributed by atoms with Crippen LogP contribution in [0.3, 0.4) is 0 Å². The molecule has 0 bridgehead atoms. The zero-order valence-electron chi connectivity index (χ0n) is 15.7. The number of amides is 1. The Kier molecular flexibility index (Phi) is 5.24. The zero-order chi connectivity index (χ0) is 19.7. The molecule has 0 aliphatic heterocycles. The quantitative estimate of drug-likeness (QED) is 0.742. The fourth-order valence-electron chi connectivity index (χ4n) is 3.20. The first-order valence-electron chi connectivity index (χ1n) is 8.56. The number of fused-ring (bicyclic) bond motifs is 1. The normalized spacial score (nSPS) is 10.9. The molecule has 1 N–H and O–H groups in total.